The van der Waals surface area contributed by atoms with Crippen LogP contribution in [0.3, 0.4) is 0 Å². The van der Waals surface area contributed by atoms with Gasteiger partial charge in [0.05, 0.1) is 5.69 Å². The molecule has 0 fully saturated rings. The fourth-order valence-corrected chi connectivity index (χ4v) is 1.23. The van der Waals surface area contributed by atoms with Crippen LogP contribution in [-0.4, -0.2) is 7.05 Å². The Hall–Kier alpha value is -1.35. The van der Waals surface area contributed by atoms with Gasteiger partial charge in [0, 0.05) is 12.7 Å². The number of rotatable bonds is 3. The van der Waals surface area contributed by atoms with Gasteiger partial charge in [0.15, 0.2) is 0 Å². The summed E-state index contributed by atoms with van der Waals surface area (Å²) in [6.45, 7) is 3.95. The Labute approximate surface area is 84.0 Å². The van der Waals surface area contributed by atoms with Crippen LogP contribution < -0.4 is 10.4 Å². The quantitative estimate of drug-likeness (QED) is 0.744. The highest BCUT2D eigenvalue weighted by Crippen LogP contribution is 2.16. The standard InChI is InChI=1S/C11H15FN2/c1-4-9(2)14(13-3)11-7-5-10(12)6-8-11/h4-8,13H,1-3H3/b9-4-. The Morgan fingerprint density at radius 1 is 1.36 bits per heavy atom. The van der Waals surface area contributed by atoms with E-state index in [0.29, 0.717) is 0 Å². The van der Waals surface area contributed by atoms with Crippen LogP contribution in [0.5, 0.6) is 0 Å². The maximum absolute atomic E-state index is 12.7. The lowest BCUT2D eigenvalue weighted by Gasteiger charge is -2.23. The Kier molecular flexibility index (Phi) is 3.65. The van der Waals surface area contributed by atoms with Gasteiger partial charge >= 0.3 is 0 Å². The van der Waals surface area contributed by atoms with E-state index in [-0.39, 0.29) is 5.82 Å². The van der Waals surface area contributed by atoms with Crippen LogP contribution in [-0.2, 0) is 0 Å². The van der Waals surface area contributed by atoms with E-state index in [2.05, 4.69) is 5.43 Å². The van der Waals surface area contributed by atoms with Gasteiger partial charge in [-0.15, -0.1) is 0 Å². The minimum absolute atomic E-state index is 0.220. The van der Waals surface area contributed by atoms with E-state index < -0.39 is 0 Å². The first-order valence-electron chi connectivity index (χ1n) is 4.55. The van der Waals surface area contributed by atoms with Crippen molar-refractivity contribution in [3.8, 4) is 0 Å². The van der Waals surface area contributed by atoms with E-state index in [1.165, 1.54) is 12.1 Å². The van der Waals surface area contributed by atoms with Crippen LogP contribution in [0.25, 0.3) is 0 Å². The van der Waals surface area contributed by atoms with Crippen molar-refractivity contribution in [3.63, 3.8) is 0 Å². The molecule has 1 aromatic rings. The highest BCUT2D eigenvalue weighted by Gasteiger charge is 2.04. The third-order valence-corrected chi connectivity index (χ3v) is 2.08. The lowest BCUT2D eigenvalue weighted by Crippen LogP contribution is -2.33. The molecule has 0 unspecified atom stereocenters. The molecule has 1 rings (SSSR count). The van der Waals surface area contributed by atoms with Gasteiger partial charge in [0.2, 0.25) is 0 Å². The van der Waals surface area contributed by atoms with Gasteiger partial charge in [-0.05, 0) is 38.1 Å². The first-order chi connectivity index (χ1) is 6.69. The summed E-state index contributed by atoms with van der Waals surface area (Å²) in [6.07, 6.45) is 1.99. The van der Waals surface area contributed by atoms with Crippen LogP contribution in [0.4, 0.5) is 10.1 Å². The van der Waals surface area contributed by atoms with Gasteiger partial charge in [-0.3, -0.25) is 5.01 Å². The number of nitrogens with zero attached hydrogens (tertiary/aromatic N) is 1. The molecular weight excluding hydrogens is 179 g/mol. The Bertz CT molecular complexity index is 317. The molecule has 0 radical (unpaired) electrons. The zero-order chi connectivity index (χ0) is 10.6. The van der Waals surface area contributed by atoms with E-state index in [4.69, 9.17) is 0 Å². The predicted octanol–water partition coefficient (Wildman–Crippen LogP) is 2.69. The van der Waals surface area contributed by atoms with E-state index >= 15 is 0 Å². The summed E-state index contributed by atoms with van der Waals surface area (Å²) in [4.78, 5) is 0. The van der Waals surface area contributed by atoms with Crippen LogP contribution >= 0.6 is 0 Å². The molecular formula is C11H15FN2. The molecule has 0 aliphatic carbocycles. The summed E-state index contributed by atoms with van der Waals surface area (Å²) in [7, 11) is 1.83. The van der Waals surface area contributed by atoms with Crippen LogP contribution in [0, 0.1) is 5.82 Å². The van der Waals surface area contributed by atoms with Crippen molar-refractivity contribution in [1.29, 1.82) is 0 Å². The lowest BCUT2D eigenvalue weighted by atomic mass is 10.3. The van der Waals surface area contributed by atoms with E-state index in [9.17, 15) is 4.39 Å². The minimum Gasteiger partial charge on any atom is -0.282 e. The average Bonchev–Trinajstić information content (AvgIpc) is 2.21. The molecule has 0 aromatic heterocycles. The molecule has 0 atom stereocenters. The molecule has 1 N–H and O–H groups in total. The molecule has 0 saturated carbocycles. The van der Waals surface area contributed by atoms with Gasteiger partial charge in [0.1, 0.15) is 5.82 Å². The second-order valence-corrected chi connectivity index (χ2v) is 2.97. The molecule has 0 saturated heterocycles. The second-order valence-electron chi connectivity index (χ2n) is 2.97. The van der Waals surface area contributed by atoms with Crippen molar-refractivity contribution in [2.24, 2.45) is 0 Å². The third kappa shape index (κ3) is 2.33. The number of halogens is 1. The molecule has 2 nitrogen and oxygen atoms in total. The lowest BCUT2D eigenvalue weighted by molar-refractivity contribution is 0.627. The maximum atomic E-state index is 12.7. The Balaban J connectivity index is 2.95. The van der Waals surface area contributed by atoms with Crippen molar-refractivity contribution in [3.05, 3.63) is 41.9 Å². The van der Waals surface area contributed by atoms with Crippen molar-refractivity contribution in [2.45, 2.75) is 13.8 Å². The molecule has 3 heteroatoms. The van der Waals surface area contributed by atoms with Crippen LogP contribution in [0.1, 0.15) is 13.8 Å². The van der Waals surface area contributed by atoms with Crippen molar-refractivity contribution in [2.75, 3.05) is 12.1 Å². The number of hydrazine groups is 1. The number of benzene rings is 1. The zero-order valence-corrected chi connectivity index (χ0v) is 8.71. The smallest absolute Gasteiger partial charge is 0.123 e. The molecule has 0 amide bonds. The van der Waals surface area contributed by atoms with Crippen molar-refractivity contribution < 1.29 is 4.39 Å². The fourth-order valence-electron chi connectivity index (χ4n) is 1.23. The summed E-state index contributed by atoms with van der Waals surface area (Å²) in [5.41, 5.74) is 5.02. The van der Waals surface area contributed by atoms with E-state index in [1.807, 2.05) is 32.0 Å². The number of allylic oxidation sites excluding steroid dienone is 2. The maximum Gasteiger partial charge on any atom is 0.123 e. The summed E-state index contributed by atoms with van der Waals surface area (Å²) >= 11 is 0. The first-order valence-corrected chi connectivity index (χ1v) is 4.55. The molecule has 14 heavy (non-hydrogen) atoms. The van der Waals surface area contributed by atoms with Crippen LogP contribution in [0.2, 0.25) is 0 Å². The SMILES string of the molecule is C/C=C(/C)N(NC)c1ccc(F)cc1. The number of hydrogen-bond acceptors (Lipinski definition) is 2. The highest BCUT2D eigenvalue weighted by molar-refractivity contribution is 5.49. The number of nitrogens with one attached hydrogen (secondary N) is 1. The molecule has 0 bridgehead atoms. The molecule has 1 aromatic carbocycles. The summed E-state index contributed by atoms with van der Waals surface area (Å²) < 4.78 is 12.7. The van der Waals surface area contributed by atoms with E-state index in [1.54, 1.807) is 12.1 Å². The van der Waals surface area contributed by atoms with Crippen LogP contribution in [0.15, 0.2) is 36.0 Å². The average molecular weight is 194 g/mol. The number of anilines is 1. The topological polar surface area (TPSA) is 15.3 Å². The Morgan fingerprint density at radius 2 is 1.93 bits per heavy atom. The van der Waals surface area contributed by atoms with Gasteiger partial charge in [-0.1, -0.05) is 6.08 Å². The molecule has 76 valence electrons. The molecule has 0 aliphatic rings. The Morgan fingerprint density at radius 3 is 2.36 bits per heavy atom. The fraction of sp³-hybridized carbons (Fsp3) is 0.273. The largest absolute Gasteiger partial charge is 0.282 e. The summed E-state index contributed by atoms with van der Waals surface area (Å²) in [6, 6.07) is 6.36. The van der Waals surface area contributed by atoms with Crippen molar-refractivity contribution >= 4 is 5.69 Å². The zero-order valence-electron chi connectivity index (χ0n) is 8.71. The van der Waals surface area contributed by atoms with Crippen molar-refractivity contribution in [1.82, 2.24) is 5.43 Å². The van der Waals surface area contributed by atoms with E-state index in [0.717, 1.165) is 11.4 Å². The molecule has 0 spiro atoms. The molecule has 0 aliphatic heterocycles. The van der Waals surface area contributed by atoms with Gasteiger partial charge in [0.25, 0.3) is 0 Å². The predicted molar refractivity (Wildman–Crippen MR) is 57.4 cm³/mol. The summed E-state index contributed by atoms with van der Waals surface area (Å²) in [5.74, 6) is -0.220. The summed E-state index contributed by atoms with van der Waals surface area (Å²) in [5, 5.41) is 1.89. The van der Waals surface area contributed by atoms with Gasteiger partial charge < -0.3 is 0 Å². The van der Waals surface area contributed by atoms with Gasteiger partial charge in [-0.2, -0.15) is 0 Å². The third-order valence-electron chi connectivity index (χ3n) is 2.08. The van der Waals surface area contributed by atoms with Gasteiger partial charge in [-0.25, -0.2) is 9.82 Å². The second kappa shape index (κ2) is 4.77. The number of hydrogen-bond donors (Lipinski definition) is 1. The monoisotopic (exact) mass is 194 g/mol. The highest BCUT2D eigenvalue weighted by atomic mass is 19.1. The molecule has 0 heterocycles. The minimum atomic E-state index is -0.220. The first kappa shape index (κ1) is 10.7. The normalized spacial score (nSPS) is 11.6.